The molecule has 0 saturated carbocycles. The molecule has 13 heavy (non-hydrogen) atoms. The molecule has 1 unspecified atom stereocenters. The Balaban J connectivity index is 3.32. The first-order valence-corrected chi connectivity index (χ1v) is 7.03. The number of unbranched alkanes of at least 4 members (excludes halogenated alkanes) is 4. The second kappa shape index (κ2) is 7.02. The third-order valence-corrected chi connectivity index (χ3v) is 4.25. The topological polar surface area (TPSA) is 0 Å². The van der Waals surface area contributed by atoms with E-state index in [4.69, 9.17) is 0 Å². The monoisotopic (exact) mass is 356 g/mol. The van der Waals surface area contributed by atoms with Gasteiger partial charge in [-0.3, -0.25) is 0 Å². The summed E-state index contributed by atoms with van der Waals surface area (Å²) in [4.78, 5) is 0. The number of hydrogen-bond donors (Lipinski definition) is 0. The fraction of sp³-hybridized carbons (Fsp3) is 1.00. The third-order valence-electron chi connectivity index (χ3n) is 2.91. The van der Waals surface area contributed by atoms with Gasteiger partial charge in [-0.1, -0.05) is 0 Å². The van der Waals surface area contributed by atoms with Gasteiger partial charge in [-0.05, 0) is 0 Å². The quantitative estimate of drug-likeness (QED) is 0.579. The Labute approximate surface area is 95.3 Å². The molecular weight excluding hydrogens is 330 g/mol. The van der Waals surface area contributed by atoms with Crippen molar-refractivity contribution < 1.29 is 19.2 Å². The van der Waals surface area contributed by atoms with Crippen molar-refractivity contribution in [2.75, 3.05) is 0 Å². The first-order chi connectivity index (χ1) is 5.98. The Morgan fingerprint density at radius 3 is 2.08 bits per heavy atom. The summed E-state index contributed by atoms with van der Waals surface area (Å²) in [7, 11) is 0. The molecule has 0 nitrogen and oxygen atoms in total. The second-order valence-corrected chi connectivity index (χ2v) is 8.17. The molecule has 1 heteroatoms. The Bertz CT molecular complexity index is 113. The molecule has 0 aromatic rings. The van der Waals surface area contributed by atoms with Gasteiger partial charge >= 0.3 is 95.2 Å². The molecule has 0 N–H and O–H groups in total. The fourth-order valence-electron chi connectivity index (χ4n) is 1.40. The molecule has 0 fully saturated rings. The van der Waals surface area contributed by atoms with Gasteiger partial charge in [0.15, 0.2) is 0 Å². The zero-order valence-electron chi connectivity index (χ0n) is 9.70. The minimum absolute atomic E-state index is 0.560. The Kier molecular flexibility index (Phi) is 7.38. The summed E-state index contributed by atoms with van der Waals surface area (Å²) in [6.07, 6.45) is 8.53. The van der Waals surface area contributed by atoms with Gasteiger partial charge in [0.1, 0.15) is 0 Å². The summed E-state index contributed by atoms with van der Waals surface area (Å²) in [5.41, 5.74) is 0. The summed E-state index contributed by atoms with van der Waals surface area (Å²) in [6.45, 7) is 9.43. The standard InChI is InChI=1S/C12H25.Re/c1-5-6-7-8-9-10-12(4)11(2)3;/h12H,5-10H2,1-4H3;. The maximum atomic E-state index is 2.40. The molecule has 0 aliphatic rings. The summed E-state index contributed by atoms with van der Waals surface area (Å²) < 4.78 is 0.560. The van der Waals surface area contributed by atoms with Crippen LogP contribution in [0.5, 0.6) is 0 Å². The second-order valence-electron chi connectivity index (χ2n) is 4.67. The van der Waals surface area contributed by atoms with Crippen LogP contribution in [0, 0.1) is 5.92 Å². The van der Waals surface area contributed by atoms with E-state index >= 15 is 0 Å². The molecular formula is C12H25Re. The van der Waals surface area contributed by atoms with Crippen LogP contribution in [-0.2, 0) is 19.2 Å². The van der Waals surface area contributed by atoms with E-state index in [0.717, 1.165) is 5.92 Å². The van der Waals surface area contributed by atoms with E-state index in [-0.39, 0.29) is 0 Å². The molecule has 0 aromatic carbocycles. The van der Waals surface area contributed by atoms with Gasteiger partial charge in [0.2, 0.25) is 0 Å². The summed E-state index contributed by atoms with van der Waals surface area (Å²) >= 11 is 1.94. The van der Waals surface area contributed by atoms with Crippen LogP contribution in [0.3, 0.4) is 0 Å². The van der Waals surface area contributed by atoms with Gasteiger partial charge < -0.3 is 0 Å². The molecule has 0 heterocycles. The molecule has 80 valence electrons. The number of hydrogen-bond acceptors (Lipinski definition) is 0. The van der Waals surface area contributed by atoms with Gasteiger partial charge in [-0.15, -0.1) is 0 Å². The van der Waals surface area contributed by atoms with E-state index < -0.39 is 0 Å². The molecule has 0 aromatic heterocycles. The predicted molar refractivity (Wildman–Crippen MR) is 56.6 cm³/mol. The molecule has 0 saturated heterocycles. The zero-order valence-corrected chi connectivity index (χ0v) is 12.4. The third kappa shape index (κ3) is 7.71. The maximum absolute atomic E-state index is 2.40. The van der Waals surface area contributed by atoms with E-state index in [1.165, 1.54) is 38.5 Å². The van der Waals surface area contributed by atoms with Gasteiger partial charge in [-0.2, -0.15) is 0 Å². The Morgan fingerprint density at radius 2 is 1.62 bits per heavy atom. The van der Waals surface area contributed by atoms with E-state index in [1.807, 2.05) is 19.2 Å². The van der Waals surface area contributed by atoms with E-state index in [2.05, 4.69) is 27.7 Å². The fourth-order valence-corrected chi connectivity index (χ4v) is 1.79. The zero-order chi connectivity index (χ0) is 10.3. The van der Waals surface area contributed by atoms with Crippen LogP contribution >= 0.6 is 0 Å². The molecule has 0 aliphatic carbocycles. The molecule has 0 spiro atoms. The Morgan fingerprint density at radius 1 is 1.08 bits per heavy atom. The van der Waals surface area contributed by atoms with E-state index in [0.29, 0.717) is 3.89 Å². The summed E-state index contributed by atoms with van der Waals surface area (Å²) in [5.74, 6) is 0.894. The van der Waals surface area contributed by atoms with Crippen LogP contribution in [0.15, 0.2) is 0 Å². The van der Waals surface area contributed by atoms with Crippen molar-refractivity contribution in [3.63, 3.8) is 0 Å². The molecule has 0 amide bonds. The molecule has 0 rings (SSSR count). The SMILES string of the molecule is CCCCCCCC(C)[C](C)(C)[Re]. The summed E-state index contributed by atoms with van der Waals surface area (Å²) in [6, 6.07) is 0. The van der Waals surface area contributed by atoms with Gasteiger partial charge in [0.25, 0.3) is 0 Å². The van der Waals surface area contributed by atoms with Crippen LogP contribution in [0.25, 0.3) is 0 Å². The van der Waals surface area contributed by atoms with E-state index in [1.54, 1.807) is 0 Å². The van der Waals surface area contributed by atoms with Crippen molar-refractivity contribution in [1.29, 1.82) is 0 Å². The first-order valence-electron chi connectivity index (χ1n) is 5.67. The molecule has 0 bridgehead atoms. The average molecular weight is 356 g/mol. The average Bonchev–Trinajstić information content (AvgIpc) is 2.02. The van der Waals surface area contributed by atoms with Crippen LogP contribution in [0.4, 0.5) is 0 Å². The van der Waals surface area contributed by atoms with Crippen LogP contribution in [0.2, 0.25) is 3.89 Å². The van der Waals surface area contributed by atoms with Crippen molar-refractivity contribution >= 4 is 0 Å². The van der Waals surface area contributed by atoms with Gasteiger partial charge in [-0.25, -0.2) is 0 Å². The van der Waals surface area contributed by atoms with Crippen molar-refractivity contribution in [2.24, 2.45) is 5.92 Å². The first kappa shape index (κ1) is 13.7. The molecule has 0 radical (unpaired) electrons. The van der Waals surface area contributed by atoms with Crippen LogP contribution in [-0.4, -0.2) is 0 Å². The number of rotatable bonds is 7. The Hall–Kier alpha value is 0.662. The normalized spacial score (nSPS) is 14.5. The summed E-state index contributed by atoms with van der Waals surface area (Å²) in [5, 5.41) is 0. The van der Waals surface area contributed by atoms with Gasteiger partial charge in [0, 0.05) is 0 Å². The van der Waals surface area contributed by atoms with Crippen molar-refractivity contribution in [3.8, 4) is 0 Å². The van der Waals surface area contributed by atoms with Crippen molar-refractivity contribution in [2.45, 2.75) is 70.1 Å². The van der Waals surface area contributed by atoms with Crippen LogP contribution < -0.4 is 0 Å². The predicted octanol–water partition coefficient (Wildman–Crippen LogP) is 4.73. The van der Waals surface area contributed by atoms with Gasteiger partial charge in [0.05, 0.1) is 0 Å². The van der Waals surface area contributed by atoms with Crippen molar-refractivity contribution in [1.82, 2.24) is 0 Å². The minimum atomic E-state index is 0.560. The molecule has 0 aliphatic heterocycles. The van der Waals surface area contributed by atoms with Crippen molar-refractivity contribution in [3.05, 3.63) is 0 Å². The molecule has 1 atom stereocenters. The van der Waals surface area contributed by atoms with Crippen LogP contribution in [0.1, 0.15) is 66.2 Å². The van der Waals surface area contributed by atoms with E-state index in [9.17, 15) is 0 Å².